The van der Waals surface area contributed by atoms with Crippen LogP contribution in [-0.4, -0.2) is 51.1 Å². The van der Waals surface area contributed by atoms with Crippen molar-refractivity contribution in [2.75, 3.05) is 30.1 Å². The summed E-state index contributed by atoms with van der Waals surface area (Å²) >= 11 is 14.1. The number of thiazole rings is 1. The number of aromatic nitrogens is 1. The van der Waals surface area contributed by atoms with Crippen LogP contribution in [-0.2, 0) is 26.8 Å². The predicted molar refractivity (Wildman–Crippen MR) is 161 cm³/mol. The van der Waals surface area contributed by atoms with Gasteiger partial charge in [0, 0.05) is 42.3 Å². The lowest BCUT2D eigenvalue weighted by Crippen LogP contribution is -2.36. The van der Waals surface area contributed by atoms with Gasteiger partial charge in [-0.2, -0.15) is 21.4 Å². The molecule has 0 amide bonds. The molecule has 10 nitrogen and oxygen atoms in total. The number of allylic oxidation sites excluding steroid dienone is 2. The molecule has 15 heteroatoms. The Morgan fingerprint density at radius 1 is 1.10 bits per heavy atom. The first-order valence-electron chi connectivity index (χ1n) is 12.6. The second-order valence-corrected chi connectivity index (χ2v) is 14.3. The average molecular weight is 665 g/mol. The monoisotopic (exact) mass is 663 g/mol. The molecule has 2 N–H and O–H groups in total. The molecular weight excluding hydrogens is 635 g/mol. The molecule has 0 saturated heterocycles. The lowest BCUT2D eigenvalue weighted by Gasteiger charge is -2.18. The lowest BCUT2D eigenvalue weighted by atomic mass is 10.2. The minimum absolute atomic E-state index is 0.156. The van der Waals surface area contributed by atoms with Crippen LogP contribution in [0.4, 0.5) is 5.69 Å². The van der Waals surface area contributed by atoms with Gasteiger partial charge in [0.15, 0.2) is 12.3 Å². The molecule has 0 bridgehead atoms. The highest BCUT2D eigenvalue weighted by Crippen LogP contribution is 2.41. The van der Waals surface area contributed by atoms with Crippen LogP contribution in [0.1, 0.15) is 31.2 Å². The molecule has 0 aliphatic carbocycles. The highest BCUT2D eigenvalue weighted by atomic mass is 35.5. The summed E-state index contributed by atoms with van der Waals surface area (Å²) in [6, 6.07) is 8.74. The highest BCUT2D eigenvalue weighted by Gasteiger charge is 2.28. The predicted octanol–water partition coefficient (Wildman–Crippen LogP) is 5.59. The van der Waals surface area contributed by atoms with E-state index in [2.05, 4.69) is 0 Å². The summed E-state index contributed by atoms with van der Waals surface area (Å²) in [5, 5.41) is 1.71. The highest BCUT2D eigenvalue weighted by molar-refractivity contribution is 7.86. The summed E-state index contributed by atoms with van der Waals surface area (Å²) in [5.74, 6) is 0.749. The number of halogens is 2. The summed E-state index contributed by atoms with van der Waals surface area (Å²) in [6.07, 6.45) is 4.75. The number of rotatable bonds is 12. The second-order valence-electron chi connectivity index (χ2n) is 9.25. The number of hydrogen-bond donors (Lipinski definition) is 2. The van der Waals surface area contributed by atoms with Gasteiger partial charge in [0.1, 0.15) is 10.4 Å². The van der Waals surface area contributed by atoms with E-state index in [1.54, 1.807) is 24.3 Å². The van der Waals surface area contributed by atoms with Crippen molar-refractivity contribution in [3.05, 3.63) is 62.9 Å². The zero-order valence-corrected chi connectivity index (χ0v) is 26.2. The average Bonchev–Trinajstić information content (AvgIpc) is 3.38. The van der Waals surface area contributed by atoms with Gasteiger partial charge in [0.25, 0.3) is 25.2 Å². The molecule has 4 rings (SSSR count). The summed E-state index contributed by atoms with van der Waals surface area (Å²) < 4.78 is 78.1. The summed E-state index contributed by atoms with van der Waals surface area (Å²) in [4.78, 5) is 1.81. The van der Waals surface area contributed by atoms with Crippen LogP contribution in [0, 0.1) is 0 Å². The van der Waals surface area contributed by atoms with Crippen molar-refractivity contribution in [1.82, 2.24) is 0 Å². The van der Waals surface area contributed by atoms with E-state index in [9.17, 15) is 25.9 Å². The van der Waals surface area contributed by atoms with Gasteiger partial charge in [0.2, 0.25) is 11.4 Å². The first-order valence-corrected chi connectivity index (χ1v) is 17.3. The molecule has 0 unspecified atom stereocenters. The summed E-state index contributed by atoms with van der Waals surface area (Å²) in [6.45, 7) is 2.54. The Morgan fingerprint density at radius 2 is 1.80 bits per heavy atom. The third-order valence-electron chi connectivity index (χ3n) is 6.29. The van der Waals surface area contributed by atoms with Crippen molar-refractivity contribution < 1.29 is 40.0 Å². The molecule has 222 valence electrons. The minimum Gasteiger partial charge on any atom is -0.495 e. The normalized spacial score (nSPS) is 15.0. The number of hydrogen-bond acceptors (Lipinski definition) is 8. The van der Waals surface area contributed by atoms with Crippen LogP contribution < -0.4 is 18.9 Å². The number of benzene rings is 2. The molecule has 2 aromatic carbocycles. The first-order chi connectivity index (χ1) is 19.3. The number of aryl methyl sites for hydroxylation is 1. The van der Waals surface area contributed by atoms with Gasteiger partial charge in [-0.25, -0.2) is 0 Å². The van der Waals surface area contributed by atoms with E-state index in [1.807, 2.05) is 34.6 Å². The Bertz CT molecular complexity index is 1730. The molecule has 0 fully saturated rings. The smallest absolute Gasteiger partial charge is 0.265 e. The Morgan fingerprint density at radius 3 is 2.46 bits per heavy atom. The molecule has 3 aromatic rings. The number of nitrogens with zero attached hydrogens (tertiary/aromatic N) is 2. The van der Waals surface area contributed by atoms with Crippen molar-refractivity contribution in [2.24, 2.45) is 0 Å². The molecule has 1 aliphatic heterocycles. The van der Waals surface area contributed by atoms with E-state index in [0.717, 1.165) is 20.8 Å². The fourth-order valence-electron chi connectivity index (χ4n) is 4.38. The molecule has 1 aliphatic rings. The zero-order chi connectivity index (χ0) is 29.9. The van der Waals surface area contributed by atoms with Crippen LogP contribution in [0.25, 0.3) is 16.3 Å². The quantitative estimate of drug-likeness (QED) is 0.188. The fraction of sp³-hybridized carbons (Fsp3) is 0.346. The van der Waals surface area contributed by atoms with Gasteiger partial charge in [0.05, 0.1) is 29.3 Å². The third kappa shape index (κ3) is 8.13. The van der Waals surface area contributed by atoms with E-state index in [1.165, 1.54) is 18.4 Å². The van der Waals surface area contributed by atoms with Crippen LogP contribution in [0.3, 0.4) is 0 Å². The molecule has 0 radical (unpaired) electrons. The standard InChI is InChI=1S/C26H28Cl2N2O8S3/c1-3-17(12-25-29(8-4-10-40(31,32)33)20-14-18(27)6-7-22(20)38-25)13-26-30(9-5-11-41(34,35)36)21-15-19(28)23(37-2)16-24(21)39-26/h6-7,12-16H,3-5,8-11H2,1-2H3,(H-,31,32,33,34,35,36)/p+1. The van der Waals surface area contributed by atoms with E-state index < -0.39 is 26.0 Å². The van der Waals surface area contributed by atoms with Crippen LogP contribution in [0.5, 0.6) is 11.5 Å². The minimum atomic E-state index is -4.13. The molecule has 41 heavy (non-hydrogen) atoms. The first kappa shape index (κ1) is 31.5. The van der Waals surface area contributed by atoms with E-state index in [4.69, 9.17) is 32.7 Å². The molecule has 0 saturated carbocycles. The number of ether oxygens (including phenoxy) is 2. The van der Waals surface area contributed by atoms with Crippen molar-refractivity contribution in [3.8, 4) is 11.5 Å². The number of fused-ring (bicyclic) bond motifs is 2. The Balaban J connectivity index is 1.74. The van der Waals surface area contributed by atoms with Crippen molar-refractivity contribution in [3.63, 3.8) is 0 Å². The zero-order valence-electron chi connectivity index (χ0n) is 22.2. The largest absolute Gasteiger partial charge is 0.495 e. The van der Waals surface area contributed by atoms with Gasteiger partial charge in [-0.05, 0) is 36.6 Å². The SMILES string of the molecule is CCC(=Cc1sc2cc(OC)c(Cl)cc2[n+]1CCCS(=O)(=O)O)C=C1Oc2ccc(Cl)cc2N1CCCS(=O)(=O)O. The van der Waals surface area contributed by atoms with Crippen LogP contribution in [0.2, 0.25) is 10.0 Å². The molecule has 1 aromatic heterocycles. The van der Waals surface area contributed by atoms with Crippen molar-refractivity contribution in [2.45, 2.75) is 32.7 Å². The molecule has 2 heterocycles. The third-order valence-corrected chi connectivity index (χ3v) is 9.52. The number of anilines is 1. The fourth-order valence-corrected chi connectivity index (χ4v) is 6.95. The van der Waals surface area contributed by atoms with Gasteiger partial charge >= 0.3 is 0 Å². The Hall–Kier alpha value is -2.39. The maximum absolute atomic E-state index is 11.4. The van der Waals surface area contributed by atoms with Gasteiger partial charge in [-0.15, -0.1) is 0 Å². The Labute approximate surface area is 252 Å². The van der Waals surface area contributed by atoms with Crippen LogP contribution in [0.15, 0.2) is 47.9 Å². The van der Waals surface area contributed by atoms with Gasteiger partial charge in [-0.1, -0.05) is 41.5 Å². The van der Waals surface area contributed by atoms with Crippen molar-refractivity contribution >= 4 is 76.8 Å². The maximum Gasteiger partial charge on any atom is 0.265 e. The molecule has 0 atom stereocenters. The Kier molecular flexibility index (Phi) is 9.89. The topological polar surface area (TPSA) is 134 Å². The van der Waals surface area contributed by atoms with E-state index in [0.29, 0.717) is 46.1 Å². The van der Waals surface area contributed by atoms with E-state index in [-0.39, 0.29) is 25.1 Å². The van der Waals surface area contributed by atoms with Crippen LogP contribution >= 0.6 is 34.5 Å². The molecule has 0 spiro atoms. The second kappa shape index (κ2) is 12.9. The van der Waals surface area contributed by atoms with Gasteiger partial charge < -0.3 is 14.4 Å². The number of methoxy groups -OCH3 is 1. The summed E-state index contributed by atoms with van der Waals surface area (Å²) in [7, 11) is -6.73. The molecular formula is C26H29Cl2N2O8S3+. The lowest BCUT2D eigenvalue weighted by molar-refractivity contribution is -0.668. The van der Waals surface area contributed by atoms with Crippen molar-refractivity contribution in [1.29, 1.82) is 0 Å². The maximum atomic E-state index is 11.4. The van der Waals surface area contributed by atoms with Gasteiger partial charge in [-0.3, -0.25) is 9.11 Å². The van der Waals surface area contributed by atoms with E-state index >= 15 is 0 Å². The summed E-state index contributed by atoms with van der Waals surface area (Å²) in [5.41, 5.74) is 2.33.